The van der Waals surface area contributed by atoms with Gasteiger partial charge in [0.1, 0.15) is 0 Å². The van der Waals surface area contributed by atoms with Crippen LogP contribution in [0.2, 0.25) is 0 Å². The molecule has 1 aliphatic heterocycles. The van der Waals surface area contributed by atoms with Crippen molar-refractivity contribution in [1.82, 2.24) is 4.90 Å². The summed E-state index contributed by atoms with van der Waals surface area (Å²) in [7, 11) is 0. The molecular weight excluding hydrogens is 186 g/mol. The Labute approximate surface area is 91.5 Å². The lowest BCUT2D eigenvalue weighted by molar-refractivity contribution is 0.123. The molecule has 0 fully saturated rings. The lowest BCUT2D eigenvalue weighted by atomic mass is 10.0. The van der Waals surface area contributed by atoms with Gasteiger partial charge in [-0.15, -0.1) is 0 Å². The number of hydrogen-bond acceptors (Lipinski definition) is 2. The highest BCUT2D eigenvalue weighted by Crippen LogP contribution is 2.18. The summed E-state index contributed by atoms with van der Waals surface area (Å²) < 4.78 is 0. The van der Waals surface area contributed by atoms with Gasteiger partial charge in [-0.05, 0) is 37.4 Å². The summed E-state index contributed by atoms with van der Waals surface area (Å²) in [5.74, 6) is 0. The van der Waals surface area contributed by atoms with E-state index in [1.807, 2.05) is 6.92 Å². The number of hydrogen-bond donors (Lipinski definition) is 1. The van der Waals surface area contributed by atoms with E-state index in [-0.39, 0.29) is 6.10 Å². The number of aliphatic hydroxyl groups excluding tert-OH is 1. The largest absolute Gasteiger partial charge is 0.392 e. The third-order valence-corrected chi connectivity index (χ3v) is 2.96. The van der Waals surface area contributed by atoms with Crippen LogP contribution in [0.1, 0.15) is 24.5 Å². The van der Waals surface area contributed by atoms with Crippen LogP contribution in [0.25, 0.3) is 0 Å². The Hall–Kier alpha value is -0.860. The average Bonchev–Trinajstić information content (AvgIpc) is 2.38. The highest BCUT2D eigenvalue weighted by molar-refractivity contribution is 5.27. The van der Waals surface area contributed by atoms with E-state index >= 15 is 0 Å². The van der Waals surface area contributed by atoms with Crippen LogP contribution in [0.4, 0.5) is 0 Å². The fraction of sp³-hybridized carbons (Fsp3) is 0.538. The summed E-state index contributed by atoms with van der Waals surface area (Å²) >= 11 is 0. The molecule has 2 rings (SSSR count). The summed E-state index contributed by atoms with van der Waals surface area (Å²) in [6.07, 6.45) is 2.14. The Morgan fingerprint density at radius 3 is 2.80 bits per heavy atom. The van der Waals surface area contributed by atoms with E-state index in [0.29, 0.717) is 0 Å². The molecule has 0 bridgehead atoms. The fourth-order valence-corrected chi connectivity index (χ4v) is 2.30. The van der Waals surface area contributed by atoms with Gasteiger partial charge >= 0.3 is 0 Å². The first-order valence-electron chi connectivity index (χ1n) is 5.73. The van der Waals surface area contributed by atoms with Gasteiger partial charge in [0.25, 0.3) is 0 Å². The van der Waals surface area contributed by atoms with Gasteiger partial charge in [0, 0.05) is 13.1 Å². The molecule has 1 aromatic carbocycles. The predicted octanol–water partition coefficient (Wildman–Crippen LogP) is 1.82. The molecule has 1 aliphatic rings. The molecule has 0 spiro atoms. The van der Waals surface area contributed by atoms with Crippen LogP contribution in [0.3, 0.4) is 0 Å². The van der Waals surface area contributed by atoms with Gasteiger partial charge < -0.3 is 5.11 Å². The van der Waals surface area contributed by atoms with Crippen molar-refractivity contribution in [2.45, 2.75) is 32.4 Å². The third kappa shape index (κ3) is 2.80. The Bertz CT molecular complexity index is 322. The molecule has 1 aromatic rings. The maximum atomic E-state index is 9.40. The highest BCUT2D eigenvalue weighted by atomic mass is 16.3. The fourth-order valence-electron chi connectivity index (χ4n) is 2.30. The highest BCUT2D eigenvalue weighted by Gasteiger charge is 2.14. The van der Waals surface area contributed by atoms with E-state index in [4.69, 9.17) is 0 Å². The van der Waals surface area contributed by atoms with Crippen LogP contribution in [0, 0.1) is 0 Å². The first-order valence-corrected chi connectivity index (χ1v) is 5.73. The second-order valence-corrected chi connectivity index (χ2v) is 4.46. The quantitative estimate of drug-likeness (QED) is 0.796. The van der Waals surface area contributed by atoms with Gasteiger partial charge in [0.15, 0.2) is 0 Å². The monoisotopic (exact) mass is 205 g/mol. The second-order valence-electron chi connectivity index (χ2n) is 4.46. The summed E-state index contributed by atoms with van der Waals surface area (Å²) in [5, 5.41) is 9.40. The number of rotatable bonds is 2. The molecule has 1 atom stereocenters. The topological polar surface area (TPSA) is 23.5 Å². The predicted molar refractivity (Wildman–Crippen MR) is 61.7 cm³/mol. The first-order chi connectivity index (χ1) is 7.25. The van der Waals surface area contributed by atoms with Crippen LogP contribution in [-0.2, 0) is 13.0 Å². The average molecular weight is 205 g/mol. The molecule has 2 nitrogen and oxygen atoms in total. The molecule has 15 heavy (non-hydrogen) atoms. The molecular formula is C13H19NO. The molecule has 0 saturated heterocycles. The van der Waals surface area contributed by atoms with E-state index in [1.54, 1.807) is 0 Å². The number of benzene rings is 1. The van der Waals surface area contributed by atoms with Crippen molar-refractivity contribution in [3.05, 3.63) is 35.4 Å². The van der Waals surface area contributed by atoms with Crippen molar-refractivity contribution in [3.63, 3.8) is 0 Å². The molecule has 1 N–H and O–H groups in total. The minimum absolute atomic E-state index is 0.227. The van der Waals surface area contributed by atoms with E-state index in [2.05, 4.69) is 29.2 Å². The lowest BCUT2D eigenvalue weighted by Gasteiger charge is -2.21. The standard InChI is InChI=1S/C13H19NO/c1-11(15)9-14-8-4-7-12-5-2-3-6-13(12)10-14/h2-3,5-6,11,15H,4,7-10H2,1H3/t11-/m1/s1. The molecule has 2 heteroatoms. The van der Waals surface area contributed by atoms with Crippen LogP contribution in [0.15, 0.2) is 24.3 Å². The number of nitrogens with zero attached hydrogens (tertiary/aromatic N) is 1. The first kappa shape index (κ1) is 10.7. The zero-order chi connectivity index (χ0) is 10.7. The van der Waals surface area contributed by atoms with Gasteiger partial charge in [-0.1, -0.05) is 24.3 Å². The van der Waals surface area contributed by atoms with Crippen molar-refractivity contribution < 1.29 is 5.11 Å². The summed E-state index contributed by atoms with van der Waals surface area (Å²) in [5.41, 5.74) is 2.90. The van der Waals surface area contributed by atoms with Crippen molar-refractivity contribution in [1.29, 1.82) is 0 Å². The van der Waals surface area contributed by atoms with Crippen molar-refractivity contribution in [3.8, 4) is 0 Å². The van der Waals surface area contributed by atoms with E-state index < -0.39 is 0 Å². The maximum Gasteiger partial charge on any atom is 0.0639 e. The normalized spacial score (nSPS) is 19.3. The zero-order valence-electron chi connectivity index (χ0n) is 9.32. The summed E-state index contributed by atoms with van der Waals surface area (Å²) in [4.78, 5) is 2.34. The van der Waals surface area contributed by atoms with E-state index in [1.165, 1.54) is 24.0 Å². The Morgan fingerprint density at radius 1 is 1.33 bits per heavy atom. The van der Waals surface area contributed by atoms with Crippen LogP contribution in [0.5, 0.6) is 0 Å². The minimum atomic E-state index is -0.227. The third-order valence-electron chi connectivity index (χ3n) is 2.96. The Morgan fingerprint density at radius 2 is 2.07 bits per heavy atom. The molecule has 82 valence electrons. The van der Waals surface area contributed by atoms with Gasteiger partial charge in [0.05, 0.1) is 6.10 Å². The van der Waals surface area contributed by atoms with Gasteiger partial charge in [0.2, 0.25) is 0 Å². The SMILES string of the molecule is C[C@@H](O)CN1CCCc2ccccc2C1. The number of aliphatic hydroxyl groups is 1. The number of aryl methyl sites for hydroxylation is 1. The number of β-amino-alcohol motifs (C(OH)–C–C–N with tert-alkyl or cyclic N) is 1. The van der Waals surface area contributed by atoms with Crippen LogP contribution in [-0.4, -0.2) is 29.2 Å². The molecule has 0 saturated carbocycles. The van der Waals surface area contributed by atoms with Crippen molar-refractivity contribution >= 4 is 0 Å². The van der Waals surface area contributed by atoms with Gasteiger partial charge in [-0.3, -0.25) is 4.90 Å². The smallest absolute Gasteiger partial charge is 0.0639 e. The lowest BCUT2D eigenvalue weighted by Crippen LogP contribution is -2.30. The molecule has 1 heterocycles. The Kier molecular flexibility index (Phi) is 3.39. The molecule has 0 aromatic heterocycles. The molecule has 0 unspecified atom stereocenters. The van der Waals surface area contributed by atoms with Gasteiger partial charge in [-0.2, -0.15) is 0 Å². The van der Waals surface area contributed by atoms with Crippen molar-refractivity contribution in [2.24, 2.45) is 0 Å². The summed E-state index contributed by atoms with van der Waals surface area (Å²) in [6.45, 7) is 4.73. The summed E-state index contributed by atoms with van der Waals surface area (Å²) in [6, 6.07) is 8.64. The molecule has 0 amide bonds. The van der Waals surface area contributed by atoms with Crippen LogP contribution >= 0.6 is 0 Å². The molecule has 0 radical (unpaired) electrons. The maximum absolute atomic E-state index is 9.40. The van der Waals surface area contributed by atoms with Crippen molar-refractivity contribution in [2.75, 3.05) is 13.1 Å². The number of fused-ring (bicyclic) bond motifs is 1. The molecule has 0 aliphatic carbocycles. The second kappa shape index (κ2) is 4.77. The Balaban J connectivity index is 2.10. The van der Waals surface area contributed by atoms with Gasteiger partial charge in [-0.25, -0.2) is 0 Å². The van der Waals surface area contributed by atoms with E-state index in [9.17, 15) is 5.11 Å². The zero-order valence-corrected chi connectivity index (χ0v) is 9.32. The van der Waals surface area contributed by atoms with E-state index in [0.717, 1.165) is 19.6 Å². The minimum Gasteiger partial charge on any atom is -0.392 e. The van der Waals surface area contributed by atoms with Crippen LogP contribution < -0.4 is 0 Å².